The van der Waals surface area contributed by atoms with Crippen LogP contribution in [-0.4, -0.2) is 62.3 Å². The van der Waals surface area contributed by atoms with E-state index in [1.807, 2.05) is 0 Å². The van der Waals surface area contributed by atoms with Crippen molar-refractivity contribution in [3.05, 3.63) is 0 Å². The Labute approximate surface area is 81.4 Å². The third-order valence-corrected chi connectivity index (χ3v) is 1.93. The van der Waals surface area contributed by atoms with Crippen molar-refractivity contribution in [1.29, 1.82) is 0 Å². The predicted octanol–water partition coefficient (Wildman–Crippen LogP) is -2.60. The molecule has 14 heavy (non-hydrogen) atoms. The first kappa shape index (κ1) is 13.5. The molecule has 4 atom stereocenters. The Morgan fingerprint density at radius 3 is 2.00 bits per heavy atom. The van der Waals surface area contributed by atoms with E-state index in [0.717, 1.165) is 0 Å². The molecule has 0 amide bonds. The molecule has 5 N–H and O–H groups in total. The first-order chi connectivity index (χ1) is 6.45. The molecule has 0 saturated heterocycles. The summed E-state index contributed by atoms with van der Waals surface area (Å²) >= 11 is 0. The van der Waals surface area contributed by atoms with Crippen molar-refractivity contribution >= 4 is 5.78 Å². The van der Waals surface area contributed by atoms with Gasteiger partial charge in [0.2, 0.25) is 0 Å². The summed E-state index contributed by atoms with van der Waals surface area (Å²) in [5.74, 6) is -0.637. The van der Waals surface area contributed by atoms with Crippen LogP contribution in [-0.2, 0) is 4.79 Å². The third-order valence-electron chi connectivity index (χ3n) is 1.93. The zero-order valence-corrected chi connectivity index (χ0v) is 7.87. The molecule has 0 aliphatic heterocycles. The summed E-state index contributed by atoms with van der Waals surface area (Å²) < 4.78 is 0. The second-order valence-corrected chi connectivity index (χ2v) is 3.00. The number of hydrogen-bond donors (Lipinski definition) is 5. The van der Waals surface area contributed by atoms with Crippen LogP contribution < -0.4 is 0 Å². The van der Waals surface area contributed by atoms with E-state index in [2.05, 4.69) is 0 Å². The fraction of sp³-hybridized carbons (Fsp3) is 0.875. The molecule has 0 unspecified atom stereocenters. The van der Waals surface area contributed by atoms with Crippen molar-refractivity contribution in [3.63, 3.8) is 0 Å². The van der Waals surface area contributed by atoms with Crippen molar-refractivity contribution in [2.75, 3.05) is 6.61 Å². The Balaban J connectivity index is 4.30. The standard InChI is InChI=1S/C8H16O6/c1-2-4(10)6(12)8(14)7(13)5(11)3-9/h5-9,11-14H,2-3H2,1H3/t5-,6-,7+,8-/m1/s1. The summed E-state index contributed by atoms with van der Waals surface area (Å²) in [6, 6.07) is 0. The first-order valence-electron chi connectivity index (χ1n) is 4.31. The van der Waals surface area contributed by atoms with Crippen LogP contribution in [0.3, 0.4) is 0 Å². The van der Waals surface area contributed by atoms with Crippen molar-refractivity contribution in [2.24, 2.45) is 0 Å². The van der Waals surface area contributed by atoms with Gasteiger partial charge in [0.15, 0.2) is 5.78 Å². The quantitative estimate of drug-likeness (QED) is 0.327. The molecular formula is C8H16O6. The van der Waals surface area contributed by atoms with E-state index >= 15 is 0 Å². The van der Waals surface area contributed by atoms with Crippen molar-refractivity contribution in [1.82, 2.24) is 0 Å². The van der Waals surface area contributed by atoms with Crippen LogP contribution in [0.1, 0.15) is 13.3 Å². The number of carbonyl (C=O) groups excluding carboxylic acids is 1. The Morgan fingerprint density at radius 1 is 1.14 bits per heavy atom. The summed E-state index contributed by atoms with van der Waals surface area (Å²) in [6.45, 7) is 0.735. The fourth-order valence-corrected chi connectivity index (χ4v) is 0.922. The van der Waals surface area contributed by atoms with Crippen LogP contribution >= 0.6 is 0 Å². The van der Waals surface area contributed by atoms with Gasteiger partial charge in [0, 0.05) is 6.42 Å². The number of hydrogen-bond acceptors (Lipinski definition) is 6. The number of ketones is 1. The highest BCUT2D eigenvalue weighted by molar-refractivity contribution is 5.83. The zero-order valence-electron chi connectivity index (χ0n) is 7.87. The lowest BCUT2D eigenvalue weighted by Gasteiger charge is -2.24. The summed E-state index contributed by atoms with van der Waals surface area (Å²) in [6.07, 6.45) is -6.84. The van der Waals surface area contributed by atoms with Gasteiger partial charge in [-0.15, -0.1) is 0 Å². The lowest BCUT2D eigenvalue weighted by molar-refractivity contribution is -0.146. The smallest absolute Gasteiger partial charge is 0.163 e. The van der Waals surface area contributed by atoms with Crippen LogP contribution in [0.25, 0.3) is 0 Å². The molecule has 0 heterocycles. The number of aliphatic hydroxyl groups excluding tert-OH is 5. The van der Waals surface area contributed by atoms with Gasteiger partial charge in [-0.1, -0.05) is 6.92 Å². The van der Waals surface area contributed by atoms with E-state index in [9.17, 15) is 9.90 Å². The summed E-state index contributed by atoms with van der Waals surface area (Å²) in [5, 5.41) is 44.8. The first-order valence-corrected chi connectivity index (χ1v) is 4.31. The lowest BCUT2D eigenvalue weighted by Crippen LogP contribution is -2.48. The van der Waals surface area contributed by atoms with Gasteiger partial charge in [-0.05, 0) is 0 Å². The second-order valence-electron chi connectivity index (χ2n) is 3.00. The molecule has 0 saturated carbocycles. The van der Waals surface area contributed by atoms with Gasteiger partial charge in [-0.25, -0.2) is 0 Å². The Kier molecular flexibility index (Phi) is 5.82. The zero-order chi connectivity index (χ0) is 11.3. The highest BCUT2D eigenvalue weighted by Gasteiger charge is 2.32. The van der Waals surface area contributed by atoms with Crippen molar-refractivity contribution in [2.45, 2.75) is 37.8 Å². The van der Waals surface area contributed by atoms with Crippen LogP contribution in [0.2, 0.25) is 0 Å². The summed E-state index contributed by atoms with van der Waals surface area (Å²) in [7, 11) is 0. The molecule has 0 fully saturated rings. The lowest BCUT2D eigenvalue weighted by atomic mass is 9.99. The van der Waals surface area contributed by atoms with Gasteiger partial charge in [-0.3, -0.25) is 4.79 Å². The normalized spacial score (nSPS) is 19.9. The minimum atomic E-state index is -1.79. The summed E-state index contributed by atoms with van der Waals surface area (Å²) in [5.41, 5.74) is 0. The molecule has 0 aliphatic rings. The van der Waals surface area contributed by atoms with Crippen LogP contribution in [0, 0.1) is 0 Å². The molecule has 6 nitrogen and oxygen atoms in total. The van der Waals surface area contributed by atoms with E-state index < -0.39 is 36.8 Å². The Morgan fingerprint density at radius 2 is 1.64 bits per heavy atom. The van der Waals surface area contributed by atoms with Gasteiger partial charge >= 0.3 is 0 Å². The Hall–Kier alpha value is -0.530. The topological polar surface area (TPSA) is 118 Å². The minimum Gasteiger partial charge on any atom is -0.394 e. The molecule has 0 bridgehead atoms. The maximum Gasteiger partial charge on any atom is 0.163 e. The van der Waals surface area contributed by atoms with E-state index in [1.165, 1.54) is 6.92 Å². The van der Waals surface area contributed by atoms with Gasteiger partial charge in [0.05, 0.1) is 6.61 Å². The highest BCUT2D eigenvalue weighted by Crippen LogP contribution is 2.07. The predicted molar refractivity (Wildman–Crippen MR) is 46.4 cm³/mol. The van der Waals surface area contributed by atoms with Gasteiger partial charge in [-0.2, -0.15) is 0 Å². The fourth-order valence-electron chi connectivity index (χ4n) is 0.922. The van der Waals surface area contributed by atoms with E-state index in [0.29, 0.717) is 0 Å². The molecule has 0 rings (SSSR count). The molecule has 0 aromatic heterocycles. The van der Waals surface area contributed by atoms with E-state index in [-0.39, 0.29) is 6.42 Å². The maximum atomic E-state index is 10.9. The van der Waals surface area contributed by atoms with Crippen molar-refractivity contribution in [3.8, 4) is 0 Å². The van der Waals surface area contributed by atoms with Crippen LogP contribution in [0.4, 0.5) is 0 Å². The van der Waals surface area contributed by atoms with Crippen LogP contribution in [0.15, 0.2) is 0 Å². The SMILES string of the molecule is CCC(=O)[C@@H](O)[C@@H](O)[C@@H](O)[C@H](O)CO. The van der Waals surface area contributed by atoms with Crippen molar-refractivity contribution < 1.29 is 30.3 Å². The molecule has 0 aromatic carbocycles. The third kappa shape index (κ3) is 3.32. The largest absolute Gasteiger partial charge is 0.394 e. The highest BCUT2D eigenvalue weighted by atomic mass is 16.4. The number of rotatable bonds is 6. The summed E-state index contributed by atoms with van der Waals surface area (Å²) in [4.78, 5) is 10.9. The molecular weight excluding hydrogens is 192 g/mol. The second kappa shape index (κ2) is 6.05. The molecule has 0 aliphatic carbocycles. The van der Waals surface area contributed by atoms with Gasteiger partial charge < -0.3 is 25.5 Å². The van der Waals surface area contributed by atoms with Crippen LogP contribution in [0.5, 0.6) is 0 Å². The Bertz CT molecular complexity index is 183. The maximum absolute atomic E-state index is 10.9. The average molecular weight is 208 g/mol. The monoisotopic (exact) mass is 208 g/mol. The molecule has 84 valence electrons. The average Bonchev–Trinajstić information content (AvgIpc) is 2.23. The van der Waals surface area contributed by atoms with Gasteiger partial charge in [0.25, 0.3) is 0 Å². The molecule has 0 aromatic rings. The van der Waals surface area contributed by atoms with E-state index in [1.54, 1.807) is 0 Å². The number of carbonyl (C=O) groups is 1. The molecule has 0 spiro atoms. The minimum absolute atomic E-state index is 0.0141. The number of Topliss-reactive ketones (excluding diaryl/α,β-unsaturated/α-hetero) is 1. The molecule has 0 radical (unpaired) electrons. The molecule has 6 heteroatoms. The van der Waals surface area contributed by atoms with Gasteiger partial charge in [0.1, 0.15) is 24.4 Å². The number of aliphatic hydroxyl groups is 5. The van der Waals surface area contributed by atoms with E-state index in [4.69, 9.17) is 20.4 Å².